The molecule has 0 atom stereocenters. The fourth-order valence-electron chi connectivity index (χ4n) is 9.70. The second kappa shape index (κ2) is 15.3. The minimum atomic E-state index is 0.901. The highest BCUT2D eigenvalue weighted by atomic mass is 15.1. The van der Waals surface area contributed by atoms with Crippen molar-refractivity contribution in [2.45, 2.75) is 0 Å². The SMILES string of the molecule is c1ccc(-c2nc(-c3ccccc3)n(-c3ccc(-c4cc(-c5ccccc5)c5ccc6c(-c7ccccc7)cc(-c7ccccc7)c7ccc4c5c67)cc3)c2-c2ccccc2)cc1. The summed E-state index contributed by atoms with van der Waals surface area (Å²) in [6, 6.07) is 87.7. The number of imidazole rings is 1. The molecule has 63 heavy (non-hydrogen) atoms. The van der Waals surface area contributed by atoms with Gasteiger partial charge in [-0.25, -0.2) is 4.98 Å². The Labute approximate surface area is 367 Å². The highest BCUT2D eigenvalue weighted by molar-refractivity contribution is 6.32. The van der Waals surface area contributed by atoms with Crippen molar-refractivity contribution < 1.29 is 0 Å². The number of hydrogen-bond donors (Lipinski definition) is 0. The number of nitrogens with zero attached hydrogens (tertiary/aromatic N) is 2. The fraction of sp³-hybridized carbons (Fsp3) is 0. The van der Waals surface area contributed by atoms with Crippen molar-refractivity contribution in [1.29, 1.82) is 0 Å². The van der Waals surface area contributed by atoms with Crippen molar-refractivity contribution >= 4 is 32.3 Å². The summed E-state index contributed by atoms with van der Waals surface area (Å²) in [6.07, 6.45) is 0. The molecule has 0 amide bonds. The van der Waals surface area contributed by atoms with Crippen LogP contribution in [0, 0.1) is 0 Å². The van der Waals surface area contributed by atoms with Crippen LogP contribution in [0.15, 0.2) is 243 Å². The molecule has 0 fully saturated rings. The third kappa shape index (κ3) is 6.23. The van der Waals surface area contributed by atoms with Gasteiger partial charge >= 0.3 is 0 Å². The molecular weight excluding hydrogens is 761 g/mol. The third-order valence-corrected chi connectivity index (χ3v) is 12.6. The molecule has 0 saturated heterocycles. The summed E-state index contributed by atoms with van der Waals surface area (Å²) in [6.45, 7) is 0. The molecule has 0 N–H and O–H groups in total. The predicted molar refractivity (Wildman–Crippen MR) is 265 cm³/mol. The van der Waals surface area contributed by atoms with E-state index in [0.29, 0.717) is 0 Å². The van der Waals surface area contributed by atoms with Gasteiger partial charge in [-0.15, -0.1) is 0 Å². The van der Waals surface area contributed by atoms with Crippen LogP contribution in [0.25, 0.3) is 116 Å². The first-order chi connectivity index (χ1) is 31.3. The lowest BCUT2D eigenvalue weighted by Crippen LogP contribution is -2.00. The van der Waals surface area contributed by atoms with Gasteiger partial charge in [0.25, 0.3) is 0 Å². The fourth-order valence-corrected chi connectivity index (χ4v) is 9.70. The summed E-state index contributed by atoms with van der Waals surface area (Å²) in [4.78, 5) is 5.44. The van der Waals surface area contributed by atoms with Crippen molar-refractivity contribution in [3.05, 3.63) is 243 Å². The maximum atomic E-state index is 5.44. The van der Waals surface area contributed by atoms with Crippen molar-refractivity contribution in [3.63, 3.8) is 0 Å². The van der Waals surface area contributed by atoms with E-state index in [0.717, 1.165) is 45.2 Å². The van der Waals surface area contributed by atoms with Gasteiger partial charge in [0.2, 0.25) is 0 Å². The Morgan fingerprint density at radius 2 is 0.587 bits per heavy atom. The highest BCUT2D eigenvalue weighted by Gasteiger charge is 2.24. The number of aromatic nitrogens is 2. The molecule has 0 aliphatic carbocycles. The van der Waals surface area contributed by atoms with Gasteiger partial charge in [-0.3, -0.25) is 4.57 Å². The monoisotopic (exact) mass is 800 g/mol. The molecule has 2 heteroatoms. The first kappa shape index (κ1) is 36.5. The van der Waals surface area contributed by atoms with Crippen molar-refractivity contribution in [3.8, 4) is 84.1 Å². The Hall–Kier alpha value is -8.33. The first-order valence-corrected chi connectivity index (χ1v) is 21.6. The number of rotatable bonds is 8. The number of benzene rings is 11. The van der Waals surface area contributed by atoms with Gasteiger partial charge in [-0.05, 0) is 101 Å². The Balaban J connectivity index is 1.12. The van der Waals surface area contributed by atoms with Crippen LogP contribution in [0.2, 0.25) is 0 Å². The maximum Gasteiger partial charge on any atom is 0.145 e. The molecule has 0 unspecified atom stereocenters. The van der Waals surface area contributed by atoms with E-state index in [1.807, 2.05) is 0 Å². The molecule has 1 aromatic heterocycles. The Bertz CT molecular complexity index is 3480. The lowest BCUT2D eigenvalue weighted by molar-refractivity contribution is 1.07. The van der Waals surface area contributed by atoms with E-state index in [9.17, 15) is 0 Å². The van der Waals surface area contributed by atoms with Crippen molar-refractivity contribution in [2.75, 3.05) is 0 Å². The van der Waals surface area contributed by atoms with E-state index in [1.165, 1.54) is 71.3 Å². The molecular formula is C61H40N2. The second-order valence-corrected chi connectivity index (χ2v) is 16.2. The van der Waals surface area contributed by atoms with Crippen LogP contribution >= 0.6 is 0 Å². The molecule has 11 aromatic carbocycles. The van der Waals surface area contributed by atoms with Gasteiger partial charge in [0.1, 0.15) is 5.82 Å². The Morgan fingerprint density at radius 1 is 0.270 bits per heavy atom. The van der Waals surface area contributed by atoms with Gasteiger partial charge in [-0.2, -0.15) is 0 Å². The summed E-state index contributed by atoms with van der Waals surface area (Å²) < 4.78 is 2.34. The molecule has 0 saturated carbocycles. The van der Waals surface area contributed by atoms with Crippen LogP contribution in [0.4, 0.5) is 0 Å². The Morgan fingerprint density at radius 3 is 0.968 bits per heavy atom. The average molecular weight is 801 g/mol. The minimum Gasteiger partial charge on any atom is -0.292 e. The van der Waals surface area contributed by atoms with Gasteiger partial charge in [0.05, 0.1) is 11.4 Å². The molecule has 2 nitrogen and oxygen atoms in total. The summed E-state index contributed by atoms with van der Waals surface area (Å²) in [5, 5.41) is 7.61. The van der Waals surface area contributed by atoms with Gasteiger partial charge in [-0.1, -0.05) is 218 Å². The number of hydrogen-bond acceptors (Lipinski definition) is 1. The van der Waals surface area contributed by atoms with Crippen molar-refractivity contribution in [1.82, 2.24) is 9.55 Å². The largest absolute Gasteiger partial charge is 0.292 e. The van der Waals surface area contributed by atoms with Crippen LogP contribution in [-0.2, 0) is 0 Å². The van der Waals surface area contributed by atoms with Gasteiger partial charge in [0, 0.05) is 22.4 Å². The maximum absolute atomic E-state index is 5.44. The zero-order valence-corrected chi connectivity index (χ0v) is 34.5. The summed E-state index contributed by atoms with van der Waals surface area (Å²) in [5.41, 5.74) is 16.0. The molecule has 0 bridgehead atoms. The van der Waals surface area contributed by atoms with Gasteiger partial charge in [0.15, 0.2) is 0 Å². The molecule has 0 aliphatic rings. The summed E-state index contributed by atoms with van der Waals surface area (Å²) in [5.74, 6) is 0.901. The standard InChI is InChI=1S/C61H40N2/c1-7-19-41(20-8-1)53-39-54(42-21-9-2-10-22-42)50-37-38-52-56(40-55(43-23-11-3-12-24-43)51-36-35-49(53)57(50)58(51)52)44-31-33-48(34-32-44)63-60(46-27-15-5-16-28-46)59(45-25-13-4-14-26-45)62-61(63)47-29-17-6-18-30-47/h1-40H. The molecule has 0 radical (unpaired) electrons. The van der Waals surface area contributed by atoms with Crippen LogP contribution < -0.4 is 0 Å². The van der Waals surface area contributed by atoms with E-state index in [2.05, 4.69) is 247 Å². The first-order valence-electron chi connectivity index (χ1n) is 21.6. The quantitative estimate of drug-likeness (QED) is 0.140. The molecule has 0 aliphatic heterocycles. The van der Waals surface area contributed by atoms with E-state index in [-0.39, 0.29) is 0 Å². The van der Waals surface area contributed by atoms with Crippen molar-refractivity contribution in [2.24, 2.45) is 0 Å². The molecule has 294 valence electrons. The highest BCUT2D eigenvalue weighted by Crippen LogP contribution is 2.49. The summed E-state index contributed by atoms with van der Waals surface area (Å²) >= 11 is 0. The van der Waals surface area contributed by atoms with Gasteiger partial charge < -0.3 is 0 Å². The lowest BCUT2D eigenvalue weighted by Gasteiger charge is -2.21. The van der Waals surface area contributed by atoms with Crippen LogP contribution in [0.3, 0.4) is 0 Å². The molecule has 1 heterocycles. The lowest BCUT2D eigenvalue weighted by atomic mass is 9.82. The topological polar surface area (TPSA) is 17.8 Å². The second-order valence-electron chi connectivity index (χ2n) is 16.2. The third-order valence-electron chi connectivity index (χ3n) is 12.6. The predicted octanol–water partition coefficient (Wildman–Crippen LogP) is 16.4. The van der Waals surface area contributed by atoms with Crippen LogP contribution in [0.5, 0.6) is 0 Å². The molecule has 12 rings (SSSR count). The van der Waals surface area contributed by atoms with Crippen LogP contribution in [-0.4, -0.2) is 9.55 Å². The van der Waals surface area contributed by atoms with E-state index >= 15 is 0 Å². The summed E-state index contributed by atoms with van der Waals surface area (Å²) in [7, 11) is 0. The average Bonchev–Trinajstić information content (AvgIpc) is 3.78. The van der Waals surface area contributed by atoms with E-state index in [1.54, 1.807) is 0 Å². The smallest absolute Gasteiger partial charge is 0.145 e. The molecule has 12 aromatic rings. The van der Waals surface area contributed by atoms with E-state index in [4.69, 9.17) is 4.98 Å². The van der Waals surface area contributed by atoms with E-state index < -0.39 is 0 Å². The Kier molecular flexibility index (Phi) is 8.86. The van der Waals surface area contributed by atoms with Crippen LogP contribution in [0.1, 0.15) is 0 Å². The zero-order valence-electron chi connectivity index (χ0n) is 34.5. The molecule has 0 spiro atoms. The minimum absolute atomic E-state index is 0.901. The zero-order chi connectivity index (χ0) is 41.7. The normalized spacial score (nSPS) is 11.5.